The lowest BCUT2D eigenvalue weighted by atomic mass is 9.84. The van der Waals surface area contributed by atoms with Crippen molar-refractivity contribution in [3.8, 4) is 0 Å². The Bertz CT molecular complexity index is 387. The molecule has 1 aromatic rings. The lowest BCUT2D eigenvalue weighted by Crippen LogP contribution is -2.35. The maximum absolute atomic E-state index is 6.26. The molecule has 0 fully saturated rings. The maximum atomic E-state index is 6.26. The molecule has 1 aromatic carbocycles. The zero-order valence-electron chi connectivity index (χ0n) is 8.80. The minimum Gasteiger partial charge on any atom is -0.399 e. The molecule has 16 heavy (non-hydrogen) atoms. The second kappa shape index (κ2) is 5.94. The summed E-state index contributed by atoms with van der Waals surface area (Å²) < 4.78 is 0. The molecule has 1 unspecified atom stereocenters. The van der Waals surface area contributed by atoms with Crippen molar-refractivity contribution in [1.82, 2.24) is 0 Å². The van der Waals surface area contributed by atoms with Crippen LogP contribution in [0.25, 0.3) is 0 Å². The first kappa shape index (κ1) is 15.0. The molecule has 1 aliphatic carbocycles. The molecule has 1 aliphatic rings. The van der Waals surface area contributed by atoms with E-state index >= 15 is 0 Å². The van der Waals surface area contributed by atoms with Gasteiger partial charge in [0.15, 0.2) is 0 Å². The third-order valence-corrected chi connectivity index (χ3v) is 2.56. The number of halogens is 2. The first-order valence-corrected chi connectivity index (χ1v) is 4.70. The van der Waals surface area contributed by atoms with Crippen molar-refractivity contribution in [2.24, 2.45) is 11.5 Å². The highest BCUT2D eigenvalue weighted by molar-refractivity contribution is 5.85. The molecule has 88 valence electrons. The van der Waals surface area contributed by atoms with E-state index in [0.29, 0.717) is 0 Å². The van der Waals surface area contributed by atoms with Crippen LogP contribution in [0, 0.1) is 0 Å². The molecule has 0 saturated heterocycles. The Kier molecular flexibility index (Phi) is 5.59. The van der Waals surface area contributed by atoms with Gasteiger partial charge in [0.1, 0.15) is 0 Å². The van der Waals surface area contributed by atoms with E-state index in [2.05, 4.69) is 0 Å². The van der Waals surface area contributed by atoms with Crippen LogP contribution in [-0.4, -0.2) is 0 Å². The number of allylic oxidation sites excluding steroid dienone is 1. The Balaban J connectivity index is 0.00000112. The molecule has 0 amide bonds. The van der Waals surface area contributed by atoms with Gasteiger partial charge in [0, 0.05) is 5.70 Å². The number of benzene rings is 1. The Morgan fingerprint density at radius 2 is 1.69 bits per heavy atom. The van der Waals surface area contributed by atoms with E-state index in [1.54, 1.807) is 0 Å². The fourth-order valence-corrected chi connectivity index (χ4v) is 1.63. The van der Waals surface area contributed by atoms with E-state index in [0.717, 1.165) is 17.7 Å². The van der Waals surface area contributed by atoms with Gasteiger partial charge in [-0.1, -0.05) is 42.5 Å². The summed E-state index contributed by atoms with van der Waals surface area (Å²) in [5, 5.41) is 0. The molecule has 4 heteroatoms. The standard InChI is InChI=1S/C12H14N2.2ClH/c13-11-6-8-12(14,9-7-11)10-4-2-1-3-5-10;;/h1-8H,9,13-14H2;2*1H. The van der Waals surface area contributed by atoms with Crippen LogP contribution < -0.4 is 11.5 Å². The maximum Gasteiger partial charge on any atom is 0.0634 e. The summed E-state index contributed by atoms with van der Waals surface area (Å²) in [6.07, 6.45) is 6.57. The summed E-state index contributed by atoms with van der Waals surface area (Å²) in [5.74, 6) is 0. The summed E-state index contributed by atoms with van der Waals surface area (Å²) in [4.78, 5) is 0. The molecule has 4 N–H and O–H groups in total. The first-order valence-electron chi connectivity index (χ1n) is 4.70. The Labute approximate surface area is 108 Å². The van der Waals surface area contributed by atoms with Crippen molar-refractivity contribution < 1.29 is 0 Å². The average molecular weight is 259 g/mol. The predicted molar refractivity (Wildman–Crippen MR) is 72.8 cm³/mol. The summed E-state index contributed by atoms with van der Waals surface area (Å²) >= 11 is 0. The van der Waals surface area contributed by atoms with Gasteiger partial charge in [-0.05, 0) is 18.1 Å². The molecule has 0 saturated carbocycles. The lowest BCUT2D eigenvalue weighted by Gasteiger charge is -2.27. The van der Waals surface area contributed by atoms with Crippen LogP contribution in [0.3, 0.4) is 0 Å². The number of hydrogen-bond acceptors (Lipinski definition) is 2. The molecule has 2 nitrogen and oxygen atoms in total. The van der Waals surface area contributed by atoms with Crippen LogP contribution >= 0.6 is 24.8 Å². The molecule has 0 spiro atoms. The van der Waals surface area contributed by atoms with Gasteiger partial charge in [-0.25, -0.2) is 0 Å². The van der Waals surface area contributed by atoms with Crippen molar-refractivity contribution in [2.75, 3.05) is 0 Å². The molecule has 1 atom stereocenters. The molecular weight excluding hydrogens is 243 g/mol. The van der Waals surface area contributed by atoms with Gasteiger partial charge in [-0.15, -0.1) is 24.8 Å². The third-order valence-electron chi connectivity index (χ3n) is 2.56. The molecule has 0 aliphatic heterocycles. The van der Waals surface area contributed by atoms with Crippen molar-refractivity contribution >= 4 is 24.8 Å². The second-order valence-electron chi connectivity index (χ2n) is 3.65. The Hall–Kier alpha value is -0.960. The summed E-state index contributed by atoms with van der Waals surface area (Å²) in [6, 6.07) is 10.1. The molecular formula is C12H16Cl2N2. The van der Waals surface area contributed by atoms with Gasteiger partial charge in [0.25, 0.3) is 0 Å². The van der Waals surface area contributed by atoms with Crippen molar-refractivity contribution in [2.45, 2.75) is 12.0 Å². The molecule has 0 aromatic heterocycles. The van der Waals surface area contributed by atoms with Crippen molar-refractivity contribution in [3.05, 3.63) is 59.8 Å². The highest BCUT2D eigenvalue weighted by Crippen LogP contribution is 2.27. The van der Waals surface area contributed by atoms with Crippen LogP contribution in [0.4, 0.5) is 0 Å². The van der Waals surface area contributed by atoms with Crippen LogP contribution in [0.15, 0.2) is 54.3 Å². The van der Waals surface area contributed by atoms with Crippen molar-refractivity contribution in [1.29, 1.82) is 0 Å². The second-order valence-corrected chi connectivity index (χ2v) is 3.65. The van der Waals surface area contributed by atoms with E-state index in [1.807, 2.05) is 48.6 Å². The molecule has 2 rings (SSSR count). The minimum atomic E-state index is -0.385. The van der Waals surface area contributed by atoms with Gasteiger partial charge < -0.3 is 11.5 Å². The van der Waals surface area contributed by atoms with Crippen LogP contribution in [0.2, 0.25) is 0 Å². The zero-order chi connectivity index (χ0) is 10.0. The molecule has 0 heterocycles. The number of rotatable bonds is 1. The Morgan fingerprint density at radius 3 is 2.19 bits per heavy atom. The van der Waals surface area contributed by atoms with Gasteiger partial charge >= 0.3 is 0 Å². The van der Waals surface area contributed by atoms with E-state index < -0.39 is 0 Å². The van der Waals surface area contributed by atoms with Crippen LogP contribution in [0.5, 0.6) is 0 Å². The van der Waals surface area contributed by atoms with Crippen molar-refractivity contribution in [3.63, 3.8) is 0 Å². The normalized spacial score (nSPS) is 22.7. The number of hydrogen-bond donors (Lipinski definition) is 2. The highest BCUT2D eigenvalue weighted by atomic mass is 35.5. The number of nitrogens with two attached hydrogens (primary N) is 2. The minimum absolute atomic E-state index is 0. The van der Waals surface area contributed by atoms with E-state index in [9.17, 15) is 0 Å². The monoisotopic (exact) mass is 258 g/mol. The highest BCUT2D eigenvalue weighted by Gasteiger charge is 2.24. The predicted octanol–water partition coefficient (Wildman–Crippen LogP) is 2.49. The summed E-state index contributed by atoms with van der Waals surface area (Å²) in [6.45, 7) is 0. The van der Waals surface area contributed by atoms with Crippen LogP contribution in [0.1, 0.15) is 12.0 Å². The van der Waals surface area contributed by atoms with Crippen LogP contribution in [-0.2, 0) is 5.54 Å². The van der Waals surface area contributed by atoms with Gasteiger partial charge in [-0.3, -0.25) is 0 Å². The van der Waals surface area contributed by atoms with Gasteiger partial charge in [0.2, 0.25) is 0 Å². The largest absolute Gasteiger partial charge is 0.399 e. The zero-order valence-corrected chi connectivity index (χ0v) is 10.4. The van der Waals surface area contributed by atoms with E-state index in [1.165, 1.54) is 0 Å². The van der Waals surface area contributed by atoms with E-state index in [-0.39, 0.29) is 30.4 Å². The fraction of sp³-hybridized carbons (Fsp3) is 0.167. The Morgan fingerprint density at radius 1 is 1.06 bits per heavy atom. The van der Waals surface area contributed by atoms with Gasteiger partial charge in [0.05, 0.1) is 5.54 Å². The average Bonchev–Trinajstić information content (AvgIpc) is 2.24. The molecule has 0 radical (unpaired) electrons. The smallest absolute Gasteiger partial charge is 0.0634 e. The topological polar surface area (TPSA) is 52.0 Å². The summed E-state index contributed by atoms with van der Waals surface area (Å²) in [7, 11) is 0. The van der Waals surface area contributed by atoms with E-state index in [4.69, 9.17) is 11.5 Å². The van der Waals surface area contributed by atoms with Gasteiger partial charge in [-0.2, -0.15) is 0 Å². The molecule has 0 bridgehead atoms. The lowest BCUT2D eigenvalue weighted by molar-refractivity contribution is 0.562. The summed E-state index contributed by atoms with van der Waals surface area (Å²) in [5.41, 5.74) is 13.4. The fourth-order valence-electron chi connectivity index (χ4n) is 1.63. The first-order chi connectivity index (χ1) is 6.71. The quantitative estimate of drug-likeness (QED) is 0.814. The SMILES string of the molecule is Cl.Cl.NC1=CCC(N)(c2ccccc2)C=C1. The third kappa shape index (κ3) is 3.01.